The Hall–Kier alpha value is -2.11. The van der Waals surface area contributed by atoms with Crippen molar-refractivity contribution in [2.45, 2.75) is 6.92 Å². The normalized spacial score (nSPS) is 11.3. The maximum Gasteiger partial charge on any atom is 0.288 e. The molecule has 1 N–H and O–H groups in total. The highest BCUT2D eigenvalue weighted by molar-refractivity contribution is 6.32. The summed E-state index contributed by atoms with van der Waals surface area (Å²) in [6.07, 6.45) is 0. The summed E-state index contributed by atoms with van der Waals surface area (Å²) < 4.78 is 0. The van der Waals surface area contributed by atoms with Gasteiger partial charge in [0.05, 0.1) is 16.3 Å². The van der Waals surface area contributed by atoms with E-state index in [0.29, 0.717) is 16.3 Å². The Morgan fingerprint density at radius 1 is 1.19 bits per heavy atom. The van der Waals surface area contributed by atoms with Gasteiger partial charge in [-0.2, -0.15) is 5.10 Å². The van der Waals surface area contributed by atoms with Gasteiger partial charge < -0.3 is 0 Å². The zero-order valence-corrected chi connectivity index (χ0v) is 12.5. The van der Waals surface area contributed by atoms with Crippen LogP contribution in [0.15, 0.2) is 47.6 Å². The second-order valence-corrected chi connectivity index (χ2v) is 5.08. The summed E-state index contributed by atoms with van der Waals surface area (Å²) >= 11 is 11.6. The molecule has 0 aromatic heterocycles. The molecule has 0 unspecified atom stereocenters. The molecule has 0 amide bonds. The molecule has 0 aliphatic carbocycles. The maximum absolute atomic E-state index is 10.9. The minimum atomic E-state index is -0.522. The first kappa shape index (κ1) is 15.3. The van der Waals surface area contributed by atoms with E-state index in [9.17, 15) is 10.1 Å². The van der Waals surface area contributed by atoms with Crippen molar-refractivity contribution in [3.05, 3.63) is 68.2 Å². The van der Waals surface area contributed by atoms with Crippen LogP contribution in [0.1, 0.15) is 12.5 Å². The van der Waals surface area contributed by atoms with Crippen molar-refractivity contribution in [3.63, 3.8) is 0 Å². The van der Waals surface area contributed by atoms with Gasteiger partial charge in [0.1, 0.15) is 5.02 Å². The van der Waals surface area contributed by atoms with Crippen LogP contribution in [0.3, 0.4) is 0 Å². The van der Waals surface area contributed by atoms with Crippen molar-refractivity contribution in [3.8, 4) is 0 Å². The first-order valence-corrected chi connectivity index (χ1v) is 6.73. The zero-order valence-electron chi connectivity index (χ0n) is 11.0. The number of nitro benzene ring substituents is 1. The average Bonchev–Trinajstić information content (AvgIpc) is 2.46. The lowest BCUT2D eigenvalue weighted by molar-refractivity contribution is -0.384. The van der Waals surface area contributed by atoms with E-state index in [-0.39, 0.29) is 10.7 Å². The molecule has 0 radical (unpaired) electrons. The summed E-state index contributed by atoms with van der Waals surface area (Å²) in [6.45, 7) is 1.75. The second kappa shape index (κ2) is 6.56. The number of nitrogens with one attached hydrogen (secondary N) is 1. The largest absolute Gasteiger partial charge is 0.288 e. The SMILES string of the molecule is C/C(=N/Nc1ccc(Cl)cc1)c1ccc(Cl)c([N+](=O)[O-])c1. The molecule has 0 saturated heterocycles. The Balaban J connectivity index is 2.21. The molecule has 7 heteroatoms. The van der Waals surface area contributed by atoms with Crippen LogP contribution in [0, 0.1) is 10.1 Å². The quantitative estimate of drug-likeness (QED) is 0.502. The number of hydrogen-bond acceptors (Lipinski definition) is 4. The van der Waals surface area contributed by atoms with Crippen LogP contribution < -0.4 is 5.43 Å². The predicted octanol–water partition coefficient (Wildman–Crippen LogP) is 4.74. The fourth-order valence-corrected chi connectivity index (χ4v) is 1.93. The lowest BCUT2D eigenvalue weighted by Crippen LogP contribution is -2.01. The van der Waals surface area contributed by atoms with Gasteiger partial charge in [0.15, 0.2) is 0 Å². The molecule has 108 valence electrons. The molecule has 0 saturated carbocycles. The first-order chi connectivity index (χ1) is 9.97. The Kier molecular flexibility index (Phi) is 4.77. The summed E-state index contributed by atoms with van der Waals surface area (Å²) in [7, 11) is 0. The Morgan fingerprint density at radius 3 is 2.48 bits per heavy atom. The van der Waals surface area contributed by atoms with Gasteiger partial charge in [0.2, 0.25) is 0 Å². The molecule has 0 atom stereocenters. The second-order valence-electron chi connectivity index (χ2n) is 4.24. The maximum atomic E-state index is 10.9. The van der Waals surface area contributed by atoms with Crippen LogP contribution in [0.25, 0.3) is 0 Å². The number of nitrogens with zero attached hydrogens (tertiary/aromatic N) is 2. The van der Waals surface area contributed by atoms with Crippen molar-refractivity contribution in [1.82, 2.24) is 0 Å². The van der Waals surface area contributed by atoms with Gasteiger partial charge in [0, 0.05) is 16.7 Å². The Morgan fingerprint density at radius 2 is 1.86 bits per heavy atom. The summed E-state index contributed by atoms with van der Waals surface area (Å²) in [5.41, 5.74) is 4.70. The molecule has 0 heterocycles. The minimum Gasteiger partial charge on any atom is -0.278 e. The van der Waals surface area contributed by atoms with Crippen molar-refractivity contribution < 1.29 is 4.92 Å². The highest BCUT2D eigenvalue weighted by Crippen LogP contribution is 2.25. The lowest BCUT2D eigenvalue weighted by Gasteiger charge is -2.04. The minimum absolute atomic E-state index is 0.0993. The van der Waals surface area contributed by atoms with E-state index < -0.39 is 4.92 Å². The van der Waals surface area contributed by atoms with E-state index in [1.54, 1.807) is 37.3 Å². The monoisotopic (exact) mass is 323 g/mol. The molecule has 0 fully saturated rings. The van der Waals surface area contributed by atoms with E-state index in [4.69, 9.17) is 23.2 Å². The molecule has 2 aromatic carbocycles. The van der Waals surface area contributed by atoms with Crippen LogP contribution in [-0.4, -0.2) is 10.6 Å². The van der Waals surface area contributed by atoms with Crippen molar-refractivity contribution in [2.75, 3.05) is 5.43 Å². The fraction of sp³-hybridized carbons (Fsp3) is 0.0714. The van der Waals surface area contributed by atoms with Crippen molar-refractivity contribution in [1.29, 1.82) is 0 Å². The average molecular weight is 324 g/mol. The smallest absolute Gasteiger partial charge is 0.278 e. The highest BCUT2D eigenvalue weighted by Gasteiger charge is 2.13. The van der Waals surface area contributed by atoms with Gasteiger partial charge in [-0.05, 0) is 37.3 Å². The lowest BCUT2D eigenvalue weighted by atomic mass is 10.1. The van der Waals surface area contributed by atoms with Crippen molar-refractivity contribution >= 4 is 40.3 Å². The number of rotatable bonds is 4. The van der Waals surface area contributed by atoms with E-state index in [1.165, 1.54) is 12.1 Å². The van der Waals surface area contributed by atoms with Gasteiger partial charge >= 0.3 is 0 Å². The van der Waals surface area contributed by atoms with Crippen LogP contribution in [-0.2, 0) is 0 Å². The van der Waals surface area contributed by atoms with Crippen molar-refractivity contribution in [2.24, 2.45) is 5.10 Å². The number of benzene rings is 2. The fourth-order valence-electron chi connectivity index (χ4n) is 1.62. The topological polar surface area (TPSA) is 67.5 Å². The summed E-state index contributed by atoms with van der Waals surface area (Å²) in [5.74, 6) is 0. The van der Waals surface area contributed by atoms with E-state index in [1.807, 2.05) is 0 Å². The summed E-state index contributed by atoms with van der Waals surface area (Å²) in [4.78, 5) is 10.3. The Bertz CT molecular complexity index is 700. The van der Waals surface area contributed by atoms with Crippen LogP contribution in [0.2, 0.25) is 10.0 Å². The summed E-state index contributed by atoms with van der Waals surface area (Å²) in [6, 6.07) is 11.6. The molecule has 0 aliphatic rings. The zero-order chi connectivity index (χ0) is 15.4. The van der Waals surface area contributed by atoms with Gasteiger partial charge in [-0.3, -0.25) is 15.5 Å². The van der Waals surface area contributed by atoms with E-state index >= 15 is 0 Å². The number of halogens is 2. The molecule has 0 spiro atoms. The van der Waals surface area contributed by atoms with Gasteiger partial charge in [0.25, 0.3) is 5.69 Å². The standard InChI is InChI=1S/C14H11Cl2N3O2/c1-9(17-18-12-5-3-11(15)4-6-12)10-2-7-13(16)14(8-10)19(20)21/h2-8,18H,1H3/b17-9-. The number of hydrogen-bond donors (Lipinski definition) is 1. The van der Waals surface area contributed by atoms with E-state index in [0.717, 1.165) is 5.69 Å². The van der Waals surface area contributed by atoms with Gasteiger partial charge in [-0.25, -0.2) is 0 Å². The molecule has 2 rings (SSSR count). The van der Waals surface area contributed by atoms with E-state index in [2.05, 4.69) is 10.5 Å². The molecule has 21 heavy (non-hydrogen) atoms. The number of nitro groups is 1. The van der Waals surface area contributed by atoms with Crippen LogP contribution in [0.4, 0.5) is 11.4 Å². The molecule has 0 bridgehead atoms. The molecule has 2 aromatic rings. The third-order valence-electron chi connectivity index (χ3n) is 2.76. The van der Waals surface area contributed by atoms with Gasteiger partial charge in [-0.15, -0.1) is 0 Å². The summed E-state index contributed by atoms with van der Waals surface area (Å²) in [5, 5.41) is 15.8. The van der Waals surface area contributed by atoms with Crippen LogP contribution >= 0.6 is 23.2 Å². The van der Waals surface area contributed by atoms with Crippen LogP contribution in [0.5, 0.6) is 0 Å². The molecular weight excluding hydrogens is 313 g/mol. The molecular formula is C14H11Cl2N3O2. The molecule has 0 aliphatic heterocycles. The van der Waals surface area contributed by atoms with Gasteiger partial charge in [-0.1, -0.05) is 29.3 Å². The Labute approximate surface area is 131 Å². The predicted molar refractivity (Wildman–Crippen MR) is 85.4 cm³/mol. The first-order valence-electron chi connectivity index (χ1n) is 5.97. The number of hydrazone groups is 1. The highest BCUT2D eigenvalue weighted by atomic mass is 35.5. The third kappa shape index (κ3) is 3.93. The third-order valence-corrected chi connectivity index (χ3v) is 3.33. The number of anilines is 1. The molecule has 5 nitrogen and oxygen atoms in total.